The lowest BCUT2D eigenvalue weighted by atomic mass is 10.1. The third-order valence-electron chi connectivity index (χ3n) is 4.55. The molecule has 0 fully saturated rings. The molecule has 8 nitrogen and oxygen atoms in total. The summed E-state index contributed by atoms with van der Waals surface area (Å²) in [7, 11) is -2.73. The van der Waals surface area contributed by atoms with E-state index in [0.717, 1.165) is 10.5 Å². The van der Waals surface area contributed by atoms with E-state index in [2.05, 4.69) is 0 Å². The molecule has 0 saturated carbocycles. The van der Waals surface area contributed by atoms with Crippen LogP contribution in [-0.2, 0) is 23.8 Å². The maximum absolute atomic E-state index is 13.1. The minimum absolute atomic E-state index is 0.0331. The van der Waals surface area contributed by atoms with Crippen LogP contribution in [0.25, 0.3) is 5.57 Å². The normalized spacial score (nSPS) is 14.5. The van der Waals surface area contributed by atoms with Crippen molar-refractivity contribution in [2.75, 3.05) is 13.7 Å². The largest absolute Gasteiger partial charge is 0.497 e. The topological polar surface area (TPSA) is 99.2 Å². The van der Waals surface area contributed by atoms with Gasteiger partial charge in [-0.2, -0.15) is 8.42 Å². The third-order valence-corrected chi connectivity index (χ3v) is 5.82. The van der Waals surface area contributed by atoms with Crippen LogP contribution in [-0.4, -0.2) is 44.6 Å². The quantitative estimate of drug-likeness (QED) is 0.625. The Kier molecular flexibility index (Phi) is 6.32. The molecule has 2 amide bonds. The number of hydrogen-bond acceptors (Lipinski definition) is 7. The lowest BCUT2D eigenvalue weighted by Gasteiger charge is -2.23. The van der Waals surface area contributed by atoms with Crippen molar-refractivity contribution in [2.45, 2.75) is 38.2 Å². The second kappa shape index (κ2) is 8.66. The van der Waals surface area contributed by atoms with Gasteiger partial charge in [0.05, 0.1) is 19.2 Å². The lowest BCUT2D eigenvalue weighted by Crippen LogP contribution is -2.38. The van der Waals surface area contributed by atoms with Crippen molar-refractivity contribution in [3.05, 3.63) is 65.4 Å². The summed E-state index contributed by atoms with van der Waals surface area (Å²) < 4.78 is 41.6. The van der Waals surface area contributed by atoms with Gasteiger partial charge in [-0.05, 0) is 57.5 Å². The van der Waals surface area contributed by atoms with Gasteiger partial charge < -0.3 is 13.7 Å². The van der Waals surface area contributed by atoms with E-state index >= 15 is 0 Å². The van der Waals surface area contributed by atoms with E-state index in [1.54, 1.807) is 57.2 Å². The average molecular weight is 460 g/mol. The van der Waals surface area contributed by atoms with Crippen LogP contribution in [0.4, 0.5) is 4.79 Å². The van der Waals surface area contributed by atoms with Gasteiger partial charge in [0.2, 0.25) is 0 Å². The molecule has 0 aliphatic carbocycles. The first kappa shape index (κ1) is 23.3. The molecule has 1 heterocycles. The van der Waals surface area contributed by atoms with Crippen molar-refractivity contribution in [2.24, 2.45) is 0 Å². The fourth-order valence-electron chi connectivity index (χ4n) is 3.01. The molecule has 1 aliphatic heterocycles. The van der Waals surface area contributed by atoms with E-state index in [4.69, 9.17) is 13.7 Å². The van der Waals surface area contributed by atoms with Gasteiger partial charge in [-0.3, -0.25) is 4.79 Å². The summed E-state index contributed by atoms with van der Waals surface area (Å²) in [5, 5.41) is 0. The Balaban J connectivity index is 2.01. The number of benzene rings is 2. The van der Waals surface area contributed by atoms with Crippen molar-refractivity contribution in [3.8, 4) is 5.75 Å². The Morgan fingerprint density at radius 2 is 1.59 bits per heavy atom. The Morgan fingerprint density at radius 3 is 2.12 bits per heavy atom. The number of carbonyl (C=O) groups excluding carboxylic acids is 2. The van der Waals surface area contributed by atoms with Gasteiger partial charge in [0, 0.05) is 0 Å². The van der Waals surface area contributed by atoms with Crippen LogP contribution in [0.1, 0.15) is 31.9 Å². The van der Waals surface area contributed by atoms with E-state index in [9.17, 15) is 18.0 Å². The Morgan fingerprint density at radius 1 is 1.00 bits per heavy atom. The smallest absolute Gasteiger partial charge is 0.417 e. The number of ether oxygens (including phenoxy) is 2. The highest BCUT2D eigenvalue weighted by atomic mass is 32.2. The molecular weight excluding hydrogens is 434 g/mol. The molecule has 0 radical (unpaired) electrons. The highest BCUT2D eigenvalue weighted by Crippen LogP contribution is 2.33. The fraction of sp³-hybridized carbons (Fsp3) is 0.304. The second-order valence-corrected chi connectivity index (χ2v) is 9.80. The molecule has 2 aromatic carbocycles. The summed E-state index contributed by atoms with van der Waals surface area (Å²) in [6, 6.07) is 12.5. The number of carbonyl (C=O) groups is 2. The predicted molar refractivity (Wildman–Crippen MR) is 117 cm³/mol. The van der Waals surface area contributed by atoms with Crippen LogP contribution in [0.15, 0.2) is 59.2 Å². The summed E-state index contributed by atoms with van der Waals surface area (Å²) in [4.78, 5) is 26.5. The average Bonchev–Trinajstić information content (AvgIpc) is 3.02. The van der Waals surface area contributed by atoms with Crippen molar-refractivity contribution in [1.82, 2.24) is 4.90 Å². The maximum atomic E-state index is 13.1. The summed E-state index contributed by atoms with van der Waals surface area (Å²) in [6.07, 6.45) is -0.889. The van der Waals surface area contributed by atoms with Crippen LogP contribution in [0.3, 0.4) is 0 Å². The van der Waals surface area contributed by atoms with Crippen molar-refractivity contribution < 1.29 is 31.7 Å². The van der Waals surface area contributed by atoms with Crippen LogP contribution in [0.5, 0.6) is 5.75 Å². The molecule has 0 N–H and O–H groups in total. The van der Waals surface area contributed by atoms with Gasteiger partial charge in [-0.15, -0.1) is 0 Å². The van der Waals surface area contributed by atoms with Crippen molar-refractivity contribution >= 4 is 27.7 Å². The molecule has 0 saturated heterocycles. The number of imide groups is 1. The van der Waals surface area contributed by atoms with Crippen molar-refractivity contribution in [3.63, 3.8) is 0 Å². The van der Waals surface area contributed by atoms with Gasteiger partial charge in [0.1, 0.15) is 16.2 Å². The zero-order valence-electron chi connectivity index (χ0n) is 18.5. The van der Waals surface area contributed by atoms with Gasteiger partial charge in [-0.25, -0.2) is 9.69 Å². The standard InChI is InChI=1S/C23H25NO7S/c1-15-6-12-18(13-7-15)32(27,28)31-19-14-24(22(26)30-23(2,3)4)21(25)20(19)16-8-10-17(29-5)11-9-16/h6-13H,14H2,1-5H3. The summed E-state index contributed by atoms with van der Waals surface area (Å²) in [5.41, 5.74) is 0.397. The minimum Gasteiger partial charge on any atom is -0.497 e. The van der Waals surface area contributed by atoms with E-state index < -0.39 is 27.7 Å². The number of amides is 2. The Labute approximate surface area is 187 Å². The van der Waals surface area contributed by atoms with Crippen LogP contribution in [0.2, 0.25) is 0 Å². The Hall–Kier alpha value is -3.33. The van der Waals surface area contributed by atoms with Gasteiger partial charge in [0.15, 0.2) is 5.76 Å². The van der Waals surface area contributed by atoms with E-state index in [-0.39, 0.29) is 22.8 Å². The highest BCUT2D eigenvalue weighted by molar-refractivity contribution is 7.86. The summed E-state index contributed by atoms with van der Waals surface area (Å²) in [6.45, 7) is 6.46. The molecule has 0 bridgehead atoms. The molecular formula is C23H25NO7S. The molecule has 9 heteroatoms. The van der Waals surface area contributed by atoms with Gasteiger partial charge in [0.25, 0.3) is 5.91 Å². The molecule has 2 aromatic rings. The van der Waals surface area contributed by atoms with E-state index in [1.807, 2.05) is 6.92 Å². The molecule has 0 unspecified atom stereocenters. The molecule has 170 valence electrons. The summed E-state index contributed by atoms with van der Waals surface area (Å²) >= 11 is 0. The van der Waals surface area contributed by atoms with Crippen molar-refractivity contribution in [1.29, 1.82) is 0 Å². The van der Waals surface area contributed by atoms with E-state index in [0.29, 0.717) is 11.3 Å². The number of hydrogen-bond donors (Lipinski definition) is 0. The monoisotopic (exact) mass is 459 g/mol. The van der Waals surface area contributed by atoms with Gasteiger partial charge >= 0.3 is 16.2 Å². The number of rotatable bonds is 5. The third kappa shape index (κ3) is 5.11. The zero-order chi connectivity index (χ0) is 23.7. The molecule has 0 spiro atoms. The minimum atomic E-state index is -4.24. The maximum Gasteiger partial charge on any atom is 0.417 e. The number of methoxy groups -OCH3 is 1. The SMILES string of the molecule is COc1ccc(C2=C(OS(=O)(=O)c3ccc(C)cc3)CN(C(=O)OC(C)(C)C)C2=O)cc1. The van der Waals surface area contributed by atoms with Crippen LogP contribution in [0, 0.1) is 6.92 Å². The molecule has 1 aliphatic rings. The zero-order valence-corrected chi connectivity index (χ0v) is 19.4. The number of aryl methyl sites for hydroxylation is 1. The van der Waals surface area contributed by atoms with Crippen LogP contribution < -0.4 is 4.74 Å². The fourth-order valence-corrected chi connectivity index (χ4v) is 3.98. The molecule has 0 aromatic heterocycles. The van der Waals surface area contributed by atoms with Gasteiger partial charge in [-0.1, -0.05) is 29.8 Å². The van der Waals surface area contributed by atoms with E-state index in [1.165, 1.54) is 19.2 Å². The Bertz CT molecular complexity index is 1160. The molecule has 0 atom stereocenters. The first-order chi connectivity index (χ1) is 14.9. The number of nitrogens with zero attached hydrogens (tertiary/aromatic N) is 1. The molecule has 32 heavy (non-hydrogen) atoms. The molecule has 3 rings (SSSR count). The predicted octanol–water partition coefficient (Wildman–Crippen LogP) is 3.90. The first-order valence-electron chi connectivity index (χ1n) is 9.85. The summed E-state index contributed by atoms with van der Waals surface area (Å²) in [5.74, 6) is -0.316. The highest BCUT2D eigenvalue weighted by Gasteiger charge is 2.40. The van der Waals surface area contributed by atoms with Crippen LogP contribution >= 0.6 is 0 Å². The second-order valence-electron chi connectivity index (χ2n) is 8.25. The first-order valence-corrected chi connectivity index (χ1v) is 11.3. The lowest BCUT2D eigenvalue weighted by molar-refractivity contribution is -0.123.